The predicted molar refractivity (Wildman–Crippen MR) is 73.6 cm³/mol. The van der Waals surface area contributed by atoms with E-state index in [9.17, 15) is 9.59 Å². The van der Waals surface area contributed by atoms with Gasteiger partial charge in [-0.1, -0.05) is 19.3 Å². The van der Waals surface area contributed by atoms with E-state index in [0.29, 0.717) is 25.7 Å². The largest absolute Gasteiger partial charge is 0.460 e. The molecule has 0 spiro atoms. The Morgan fingerprint density at radius 1 is 0.762 bits per heavy atom. The first-order valence-corrected chi connectivity index (χ1v) is 6.69. The van der Waals surface area contributed by atoms with Crippen molar-refractivity contribution in [3.05, 3.63) is 11.1 Å². The Hall–Kier alpha value is -2.30. The van der Waals surface area contributed by atoms with Crippen molar-refractivity contribution in [1.82, 2.24) is 0 Å². The monoisotopic (exact) mass is 296 g/mol. The maximum absolute atomic E-state index is 11.1. The summed E-state index contributed by atoms with van der Waals surface area (Å²) >= 11 is 0. The molecule has 0 aromatic carbocycles. The second kappa shape index (κ2) is 11.5. The number of esters is 2. The van der Waals surface area contributed by atoms with Crippen molar-refractivity contribution in [1.29, 1.82) is 0 Å². The fourth-order valence-electron chi connectivity index (χ4n) is 1.74. The van der Waals surface area contributed by atoms with Gasteiger partial charge >= 0.3 is 23.4 Å². The van der Waals surface area contributed by atoms with Gasteiger partial charge in [-0.05, 0) is 12.8 Å². The molecule has 0 aromatic rings. The molecule has 8 nitrogen and oxygen atoms in total. The smallest absolute Gasteiger partial charge is 0.416 e. The van der Waals surface area contributed by atoms with Crippen LogP contribution < -0.4 is 0 Å². The molecule has 0 rings (SSSR count). The maximum Gasteiger partial charge on any atom is 0.416 e. The van der Waals surface area contributed by atoms with Crippen LogP contribution in [0.2, 0.25) is 0 Å². The van der Waals surface area contributed by atoms with Crippen molar-refractivity contribution < 1.29 is 28.6 Å². The van der Waals surface area contributed by atoms with Gasteiger partial charge in [-0.25, -0.2) is 9.59 Å². The fraction of sp³-hybridized carbons (Fsp3) is 0.692. The molecule has 8 heteroatoms. The van der Waals surface area contributed by atoms with Gasteiger partial charge in [0.15, 0.2) is 0 Å². The van der Waals surface area contributed by atoms with Gasteiger partial charge in [0.25, 0.3) is 0 Å². The Labute approximate surface area is 123 Å². The fourth-order valence-corrected chi connectivity index (χ4v) is 1.74. The van der Waals surface area contributed by atoms with Crippen LogP contribution >= 0.6 is 0 Å². The lowest BCUT2D eigenvalue weighted by molar-refractivity contribution is -0.138. The number of rotatable bonds is 10. The van der Waals surface area contributed by atoms with Crippen LogP contribution in [0.25, 0.3) is 11.1 Å². The first-order valence-electron chi connectivity index (χ1n) is 6.69. The van der Waals surface area contributed by atoms with Gasteiger partial charge in [0.2, 0.25) is 0 Å². The van der Waals surface area contributed by atoms with Gasteiger partial charge in [-0.15, -0.1) is 0 Å². The number of unbranched alkanes of at least 4 members (excludes halogenated alkanes) is 4. The van der Waals surface area contributed by atoms with Crippen LogP contribution in [0, 0.1) is 0 Å². The van der Waals surface area contributed by atoms with E-state index in [1.807, 2.05) is 0 Å². The number of ether oxygens (including phenoxy) is 2. The van der Waals surface area contributed by atoms with Crippen LogP contribution in [0.3, 0.4) is 0 Å². The predicted octanol–water partition coefficient (Wildman–Crippen LogP) is 1.40. The van der Waals surface area contributed by atoms with Crippen LogP contribution in [0.5, 0.6) is 0 Å². The number of nitrogens with zero attached hydrogens (tertiary/aromatic N) is 4. The zero-order chi connectivity index (χ0) is 16.1. The van der Waals surface area contributed by atoms with Crippen molar-refractivity contribution in [2.45, 2.75) is 44.9 Å². The van der Waals surface area contributed by atoms with E-state index in [0.717, 1.165) is 19.3 Å². The van der Waals surface area contributed by atoms with E-state index in [4.69, 9.17) is 11.1 Å². The summed E-state index contributed by atoms with van der Waals surface area (Å²) in [6, 6.07) is 0. The summed E-state index contributed by atoms with van der Waals surface area (Å²) in [4.78, 5) is 28.0. The van der Waals surface area contributed by atoms with E-state index < -0.39 is 11.9 Å². The molecule has 21 heavy (non-hydrogen) atoms. The molecule has 0 aliphatic rings. The Bertz CT molecular complexity index is 421. The maximum atomic E-state index is 11.1. The third kappa shape index (κ3) is 7.77. The number of hydrogen-bond donors (Lipinski definition) is 0. The molecule has 0 aromatic heterocycles. The molecule has 0 aliphatic carbocycles. The second-order valence-electron chi connectivity index (χ2n) is 4.34. The average molecular weight is 296 g/mol. The van der Waals surface area contributed by atoms with Crippen LogP contribution in [0.4, 0.5) is 0 Å². The van der Waals surface area contributed by atoms with Crippen molar-refractivity contribution in [3.63, 3.8) is 0 Å². The molecule has 0 fully saturated rings. The van der Waals surface area contributed by atoms with Gasteiger partial charge in [-0.2, -0.15) is 9.58 Å². The molecule has 0 saturated carbocycles. The van der Waals surface area contributed by atoms with Crippen LogP contribution in [0.1, 0.15) is 44.9 Å². The van der Waals surface area contributed by atoms with E-state index in [1.165, 1.54) is 14.2 Å². The minimum Gasteiger partial charge on any atom is -0.460 e. The standard InChI is InChI=1S/C13H20N4O4/c1-20-12(18)10(16-14)8-6-4-3-5-7-9-11(17-15)13(19)21-2/h3-9H2,1-2H3. The minimum atomic E-state index is -0.626. The summed E-state index contributed by atoms with van der Waals surface area (Å²) in [6.45, 7) is 0. The molecule has 0 aliphatic heterocycles. The molecule has 0 radical (unpaired) electrons. The van der Waals surface area contributed by atoms with Gasteiger partial charge < -0.3 is 20.5 Å². The molecular weight excluding hydrogens is 276 g/mol. The Morgan fingerprint density at radius 2 is 1.10 bits per heavy atom. The third-order valence-corrected chi connectivity index (χ3v) is 2.91. The zero-order valence-corrected chi connectivity index (χ0v) is 12.4. The quantitative estimate of drug-likeness (QED) is 0.198. The van der Waals surface area contributed by atoms with Crippen LogP contribution in [0.15, 0.2) is 0 Å². The highest BCUT2D eigenvalue weighted by atomic mass is 16.5. The van der Waals surface area contributed by atoms with Crippen molar-refractivity contribution in [3.8, 4) is 0 Å². The Balaban J connectivity index is 3.79. The molecule has 0 unspecified atom stereocenters. The van der Waals surface area contributed by atoms with Gasteiger partial charge in [0.05, 0.1) is 27.1 Å². The van der Waals surface area contributed by atoms with E-state index in [2.05, 4.69) is 19.1 Å². The highest BCUT2D eigenvalue weighted by Crippen LogP contribution is 2.08. The summed E-state index contributed by atoms with van der Waals surface area (Å²) in [5, 5.41) is 0. The topological polar surface area (TPSA) is 125 Å². The highest BCUT2D eigenvalue weighted by Gasteiger charge is 2.20. The molecule has 0 N–H and O–H groups in total. The molecule has 0 heterocycles. The van der Waals surface area contributed by atoms with E-state index >= 15 is 0 Å². The summed E-state index contributed by atoms with van der Waals surface area (Å²) in [6.07, 6.45) is 4.70. The normalized spacial score (nSPS) is 9.24. The molecule has 116 valence electrons. The van der Waals surface area contributed by atoms with Gasteiger partial charge in [0.1, 0.15) is 0 Å². The SMILES string of the molecule is COC(=O)C(CCCCCCCC(=[N+]=[N-])C(=O)OC)=[N+]=[N-]. The molecule has 0 saturated heterocycles. The highest BCUT2D eigenvalue weighted by molar-refractivity contribution is 6.34. The number of hydrogen-bond acceptors (Lipinski definition) is 4. The van der Waals surface area contributed by atoms with E-state index in [-0.39, 0.29) is 11.4 Å². The van der Waals surface area contributed by atoms with Crippen molar-refractivity contribution >= 4 is 23.4 Å². The molecule has 0 amide bonds. The van der Waals surface area contributed by atoms with E-state index in [1.54, 1.807) is 0 Å². The zero-order valence-electron chi connectivity index (χ0n) is 12.4. The molecule has 0 bridgehead atoms. The summed E-state index contributed by atoms with van der Waals surface area (Å²) < 4.78 is 8.92. The van der Waals surface area contributed by atoms with Crippen molar-refractivity contribution in [2.24, 2.45) is 0 Å². The molecular formula is C13H20N4O4. The second-order valence-corrected chi connectivity index (χ2v) is 4.34. The van der Waals surface area contributed by atoms with Gasteiger partial charge in [-0.3, -0.25) is 0 Å². The molecule has 0 atom stereocenters. The summed E-state index contributed by atoms with van der Waals surface area (Å²) in [5.41, 5.74) is 17.3. The first-order chi connectivity index (χ1) is 10.1. The minimum absolute atomic E-state index is 0.0119. The number of carbonyl (C=O) groups is 2. The van der Waals surface area contributed by atoms with Crippen LogP contribution in [-0.2, 0) is 19.1 Å². The van der Waals surface area contributed by atoms with Gasteiger partial charge in [0, 0.05) is 0 Å². The van der Waals surface area contributed by atoms with Crippen molar-refractivity contribution in [2.75, 3.05) is 14.2 Å². The lowest BCUT2D eigenvalue weighted by Crippen LogP contribution is -2.17. The average Bonchev–Trinajstić information content (AvgIpc) is 2.52. The first kappa shape index (κ1) is 18.7. The summed E-state index contributed by atoms with van der Waals surface area (Å²) in [5.74, 6) is -1.25. The van der Waals surface area contributed by atoms with Crippen LogP contribution in [-0.4, -0.2) is 47.2 Å². The lowest BCUT2D eigenvalue weighted by Gasteiger charge is -1.99. The number of carbonyl (C=O) groups excluding carboxylic acids is 2. The number of methoxy groups -OCH3 is 2. The lowest BCUT2D eigenvalue weighted by atomic mass is 10.1. The third-order valence-electron chi connectivity index (χ3n) is 2.91. The Morgan fingerprint density at radius 3 is 1.38 bits per heavy atom. The summed E-state index contributed by atoms with van der Waals surface area (Å²) in [7, 11) is 2.46. The Kier molecular flexibility index (Phi) is 10.3.